The number of hydrogen-bond donors (Lipinski definition) is 2. The topological polar surface area (TPSA) is 57.4 Å². The van der Waals surface area contributed by atoms with E-state index in [0.29, 0.717) is 0 Å². The number of nitrogens with one attached hydrogen (secondary N) is 2. The summed E-state index contributed by atoms with van der Waals surface area (Å²) in [5.41, 5.74) is 8.43. The van der Waals surface area contributed by atoms with Crippen molar-refractivity contribution >= 4 is 11.0 Å². The fourth-order valence-electron chi connectivity index (χ4n) is 3.61. The lowest BCUT2D eigenvalue weighted by Gasteiger charge is -2.04. The molecule has 0 amide bonds. The molecule has 0 bridgehead atoms. The third-order valence-electron chi connectivity index (χ3n) is 5.01. The second-order valence-corrected chi connectivity index (χ2v) is 7.08. The van der Waals surface area contributed by atoms with Gasteiger partial charge in [0.1, 0.15) is 11.6 Å². The van der Waals surface area contributed by atoms with Gasteiger partial charge in [-0.3, -0.25) is 0 Å². The average molecular weight is 364 g/mol. The molecule has 2 aromatic heterocycles. The Balaban J connectivity index is 1.64. The van der Waals surface area contributed by atoms with Gasteiger partial charge in [0.05, 0.1) is 16.7 Å². The molecule has 4 nitrogen and oxygen atoms in total. The number of fused-ring (bicyclic) bond motifs is 1. The fraction of sp³-hybridized carbons (Fsp3) is 0.0833. The fourth-order valence-corrected chi connectivity index (χ4v) is 3.61. The Labute approximate surface area is 163 Å². The van der Waals surface area contributed by atoms with Crippen molar-refractivity contribution in [2.45, 2.75) is 13.8 Å². The van der Waals surface area contributed by atoms with Crippen LogP contribution in [-0.2, 0) is 0 Å². The highest BCUT2D eigenvalue weighted by atomic mass is 14.9. The zero-order chi connectivity index (χ0) is 19.1. The zero-order valence-electron chi connectivity index (χ0n) is 15.8. The molecular weight excluding hydrogens is 344 g/mol. The van der Waals surface area contributed by atoms with Crippen LogP contribution in [0.1, 0.15) is 11.3 Å². The number of H-pyrrole nitrogens is 2. The van der Waals surface area contributed by atoms with Gasteiger partial charge in [-0.15, -0.1) is 0 Å². The average Bonchev–Trinajstić information content (AvgIpc) is 3.31. The Morgan fingerprint density at radius 2 is 1.36 bits per heavy atom. The summed E-state index contributed by atoms with van der Waals surface area (Å²) in [6.45, 7) is 4.15. The summed E-state index contributed by atoms with van der Waals surface area (Å²) in [5, 5.41) is 0. The number of aromatic amines is 2. The molecule has 2 heterocycles. The van der Waals surface area contributed by atoms with Crippen LogP contribution in [0.3, 0.4) is 0 Å². The summed E-state index contributed by atoms with van der Waals surface area (Å²) in [5.74, 6) is 1.70. The lowest BCUT2D eigenvalue weighted by atomic mass is 10.1. The van der Waals surface area contributed by atoms with E-state index in [1.54, 1.807) is 0 Å². The zero-order valence-corrected chi connectivity index (χ0v) is 15.8. The molecule has 0 atom stereocenters. The second kappa shape index (κ2) is 6.50. The second-order valence-electron chi connectivity index (χ2n) is 7.08. The Kier molecular flexibility index (Phi) is 3.83. The summed E-state index contributed by atoms with van der Waals surface area (Å²) in [6.07, 6.45) is 0. The predicted molar refractivity (Wildman–Crippen MR) is 114 cm³/mol. The summed E-state index contributed by atoms with van der Waals surface area (Å²) in [4.78, 5) is 16.6. The molecule has 0 saturated heterocycles. The maximum atomic E-state index is 4.91. The van der Waals surface area contributed by atoms with Gasteiger partial charge in [-0.05, 0) is 31.5 Å². The van der Waals surface area contributed by atoms with Crippen molar-refractivity contribution in [3.05, 3.63) is 84.1 Å². The van der Waals surface area contributed by atoms with E-state index < -0.39 is 0 Å². The van der Waals surface area contributed by atoms with Crippen molar-refractivity contribution in [1.82, 2.24) is 19.9 Å². The minimum absolute atomic E-state index is 0.851. The molecule has 3 aromatic carbocycles. The van der Waals surface area contributed by atoms with Crippen LogP contribution in [-0.4, -0.2) is 19.9 Å². The number of hydrogen-bond acceptors (Lipinski definition) is 2. The van der Waals surface area contributed by atoms with E-state index in [9.17, 15) is 0 Å². The van der Waals surface area contributed by atoms with E-state index in [0.717, 1.165) is 50.8 Å². The Morgan fingerprint density at radius 1 is 0.679 bits per heavy atom. The molecule has 0 fully saturated rings. The molecule has 136 valence electrons. The van der Waals surface area contributed by atoms with E-state index in [1.807, 2.05) is 30.3 Å². The van der Waals surface area contributed by atoms with Gasteiger partial charge in [0, 0.05) is 22.4 Å². The summed E-state index contributed by atoms with van der Waals surface area (Å²) < 4.78 is 0. The predicted octanol–water partition coefficient (Wildman–Crippen LogP) is 5.90. The van der Waals surface area contributed by atoms with E-state index in [-0.39, 0.29) is 0 Å². The number of benzene rings is 3. The van der Waals surface area contributed by atoms with Gasteiger partial charge >= 0.3 is 0 Å². The molecule has 2 N–H and O–H groups in total. The smallest absolute Gasteiger partial charge is 0.139 e. The van der Waals surface area contributed by atoms with Crippen molar-refractivity contribution in [2.75, 3.05) is 0 Å². The molecule has 4 heteroatoms. The van der Waals surface area contributed by atoms with E-state index >= 15 is 0 Å². The number of nitrogens with zero attached hydrogens (tertiary/aromatic N) is 2. The minimum atomic E-state index is 0.851. The molecule has 0 aliphatic rings. The first kappa shape index (κ1) is 16.5. The molecular formula is C24H20N4. The van der Waals surface area contributed by atoms with Crippen LogP contribution in [0, 0.1) is 13.8 Å². The summed E-state index contributed by atoms with van der Waals surface area (Å²) in [7, 11) is 0. The third kappa shape index (κ3) is 2.79. The van der Waals surface area contributed by atoms with Crippen molar-refractivity contribution < 1.29 is 0 Å². The molecule has 0 aliphatic heterocycles. The molecule has 0 unspecified atom stereocenters. The van der Waals surface area contributed by atoms with Gasteiger partial charge in [0.25, 0.3) is 0 Å². The summed E-state index contributed by atoms with van der Waals surface area (Å²) >= 11 is 0. The van der Waals surface area contributed by atoms with Crippen molar-refractivity contribution in [3.8, 4) is 34.0 Å². The Hall–Kier alpha value is -3.66. The normalized spacial score (nSPS) is 11.2. The highest BCUT2D eigenvalue weighted by molar-refractivity contribution is 5.85. The largest absolute Gasteiger partial charge is 0.342 e. The third-order valence-corrected chi connectivity index (χ3v) is 5.01. The monoisotopic (exact) mass is 364 g/mol. The molecule has 0 spiro atoms. The van der Waals surface area contributed by atoms with Crippen molar-refractivity contribution in [1.29, 1.82) is 0 Å². The maximum absolute atomic E-state index is 4.91. The highest BCUT2D eigenvalue weighted by Gasteiger charge is 2.16. The number of aromatic nitrogens is 4. The van der Waals surface area contributed by atoms with E-state index in [1.165, 1.54) is 5.56 Å². The Bertz CT molecular complexity index is 1280. The number of rotatable bonds is 3. The van der Waals surface area contributed by atoms with Crippen LogP contribution in [0.15, 0.2) is 72.8 Å². The minimum Gasteiger partial charge on any atom is -0.342 e. The van der Waals surface area contributed by atoms with Crippen LogP contribution in [0.25, 0.3) is 45.1 Å². The first-order valence-electron chi connectivity index (χ1n) is 9.37. The highest BCUT2D eigenvalue weighted by Crippen LogP contribution is 2.32. The van der Waals surface area contributed by atoms with Gasteiger partial charge in [0.15, 0.2) is 0 Å². The van der Waals surface area contributed by atoms with Gasteiger partial charge in [-0.25, -0.2) is 9.97 Å². The van der Waals surface area contributed by atoms with E-state index in [4.69, 9.17) is 9.97 Å². The number of imidazole rings is 2. The van der Waals surface area contributed by atoms with E-state index in [2.05, 4.69) is 66.3 Å². The summed E-state index contributed by atoms with van der Waals surface area (Å²) in [6, 6.07) is 24.8. The van der Waals surface area contributed by atoms with Crippen LogP contribution in [0.2, 0.25) is 0 Å². The number of aryl methyl sites for hydroxylation is 2. The van der Waals surface area contributed by atoms with Gasteiger partial charge in [-0.1, -0.05) is 60.7 Å². The molecule has 5 rings (SSSR count). The van der Waals surface area contributed by atoms with Crippen molar-refractivity contribution in [3.63, 3.8) is 0 Å². The molecule has 5 aromatic rings. The van der Waals surface area contributed by atoms with Crippen LogP contribution in [0.5, 0.6) is 0 Å². The standard InChI is InChI=1S/C24H20N4/c1-15-12-13-20-21(14-15)27-24(26-20)19-11-7-6-10-18(19)23-25-16(2)22(28-23)17-8-4-3-5-9-17/h3-14H,1-2H3,(H,25,28)(H,26,27). The SMILES string of the molecule is Cc1ccc2nc(-c3ccccc3-c3nc(-c4ccccc4)c(C)[nH]3)[nH]c2c1. The molecule has 0 saturated carbocycles. The van der Waals surface area contributed by atoms with Crippen LogP contribution < -0.4 is 0 Å². The Morgan fingerprint density at radius 3 is 2.11 bits per heavy atom. The van der Waals surface area contributed by atoms with Crippen molar-refractivity contribution in [2.24, 2.45) is 0 Å². The maximum Gasteiger partial charge on any atom is 0.139 e. The van der Waals surface area contributed by atoms with Gasteiger partial charge in [0.2, 0.25) is 0 Å². The first-order valence-corrected chi connectivity index (χ1v) is 9.37. The van der Waals surface area contributed by atoms with Crippen LogP contribution >= 0.6 is 0 Å². The quantitative estimate of drug-likeness (QED) is 0.418. The first-order chi connectivity index (χ1) is 13.7. The van der Waals surface area contributed by atoms with Gasteiger partial charge in [-0.2, -0.15) is 0 Å². The molecule has 0 aliphatic carbocycles. The molecule has 28 heavy (non-hydrogen) atoms. The lowest BCUT2D eigenvalue weighted by Crippen LogP contribution is -1.88. The van der Waals surface area contributed by atoms with Gasteiger partial charge < -0.3 is 9.97 Å². The van der Waals surface area contributed by atoms with Crippen LogP contribution in [0.4, 0.5) is 0 Å². The lowest BCUT2D eigenvalue weighted by molar-refractivity contribution is 1.25. The molecule has 0 radical (unpaired) electrons.